The van der Waals surface area contributed by atoms with Crippen LogP contribution in [-0.2, 0) is 4.79 Å². The van der Waals surface area contributed by atoms with Gasteiger partial charge in [0.15, 0.2) is 0 Å². The molecule has 0 unspecified atom stereocenters. The largest absolute Gasteiger partial charge is 0.496 e. The van der Waals surface area contributed by atoms with Crippen molar-refractivity contribution in [3.8, 4) is 5.75 Å². The van der Waals surface area contributed by atoms with Gasteiger partial charge in [-0.15, -0.1) is 11.8 Å². The van der Waals surface area contributed by atoms with Crippen LogP contribution < -0.4 is 10.1 Å². The van der Waals surface area contributed by atoms with Gasteiger partial charge < -0.3 is 15.2 Å². The van der Waals surface area contributed by atoms with Crippen LogP contribution >= 0.6 is 11.8 Å². The number of carbonyl (C=O) groups is 2. The first-order chi connectivity index (χ1) is 7.61. The van der Waals surface area contributed by atoms with E-state index in [0.717, 1.165) is 4.90 Å². The maximum atomic E-state index is 11.2. The Morgan fingerprint density at radius 3 is 2.94 bits per heavy atom. The van der Waals surface area contributed by atoms with Gasteiger partial charge in [-0.1, -0.05) is 0 Å². The molecule has 0 bridgehead atoms. The average molecular weight is 239 g/mol. The molecule has 0 aromatic heterocycles. The van der Waals surface area contributed by atoms with E-state index in [9.17, 15) is 9.59 Å². The van der Waals surface area contributed by atoms with Crippen molar-refractivity contribution in [3.05, 3.63) is 17.7 Å². The molecule has 1 aliphatic rings. The third kappa shape index (κ3) is 1.83. The van der Waals surface area contributed by atoms with Crippen LogP contribution in [0.4, 0.5) is 5.69 Å². The Hall–Kier alpha value is -1.69. The van der Waals surface area contributed by atoms with E-state index >= 15 is 0 Å². The fourth-order valence-electron chi connectivity index (χ4n) is 1.44. The van der Waals surface area contributed by atoms with Gasteiger partial charge in [0, 0.05) is 4.90 Å². The summed E-state index contributed by atoms with van der Waals surface area (Å²) in [4.78, 5) is 22.9. The Kier molecular flexibility index (Phi) is 2.74. The SMILES string of the molecule is COc1cc2c(cc1C(=O)O)NC(=O)CS2. The van der Waals surface area contributed by atoms with Gasteiger partial charge in [-0.05, 0) is 12.1 Å². The highest BCUT2D eigenvalue weighted by Crippen LogP contribution is 2.36. The van der Waals surface area contributed by atoms with E-state index in [2.05, 4.69) is 5.32 Å². The fourth-order valence-corrected chi connectivity index (χ4v) is 2.26. The number of nitrogens with one attached hydrogen (secondary N) is 1. The number of carboxylic acid groups (broad SMARTS) is 1. The van der Waals surface area contributed by atoms with Gasteiger partial charge in [0.1, 0.15) is 11.3 Å². The standard InChI is InChI=1S/C10H9NO4S/c1-15-7-3-8-6(2-5(7)10(13)14)11-9(12)4-16-8/h2-3H,4H2,1H3,(H,11,12)(H,13,14). The minimum atomic E-state index is -1.08. The van der Waals surface area contributed by atoms with Crippen molar-refractivity contribution in [2.45, 2.75) is 4.90 Å². The summed E-state index contributed by atoms with van der Waals surface area (Å²) in [5, 5.41) is 11.6. The summed E-state index contributed by atoms with van der Waals surface area (Å²) in [7, 11) is 1.42. The maximum Gasteiger partial charge on any atom is 0.339 e. The van der Waals surface area contributed by atoms with Gasteiger partial charge in [-0.25, -0.2) is 4.79 Å². The van der Waals surface area contributed by atoms with Crippen molar-refractivity contribution in [2.24, 2.45) is 0 Å². The molecule has 0 saturated heterocycles. The summed E-state index contributed by atoms with van der Waals surface area (Å²) in [6.45, 7) is 0. The molecule has 0 spiro atoms. The van der Waals surface area contributed by atoms with Crippen LogP contribution in [0, 0.1) is 0 Å². The molecular formula is C10H9NO4S. The molecule has 2 N–H and O–H groups in total. The van der Waals surface area contributed by atoms with Crippen LogP contribution in [0.3, 0.4) is 0 Å². The normalized spacial score (nSPS) is 13.9. The molecule has 1 aliphatic heterocycles. The van der Waals surface area contributed by atoms with Crippen molar-refractivity contribution < 1.29 is 19.4 Å². The summed E-state index contributed by atoms with van der Waals surface area (Å²) in [6.07, 6.45) is 0. The number of hydrogen-bond donors (Lipinski definition) is 2. The van der Waals surface area contributed by atoms with Crippen LogP contribution in [-0.4, -0.2) is 29.8 Å². The zero-order valence-corrected chi connectivity index (χ0v) is 9.26. The molecule has 0 radical (unpaired) electrons. The lowest BCUT2D eigenvalue weighted by Crippen LogP contribution is -2.19. The molecule has 5 nitrogen and oxygen atoms in total. The molecule has 1 aromatic carbocycles. The lowest BCUT2D eigenvalue weighted by Gasteiger charge is -2.18. The number of thioether (sulfide) groups is 1. The zero-order valence-electron chi connectivity index (χ0n) is 8.44. The molecular weight excluding hydrogens is 230 g/mol. The van der Waals surface area contributed by atoms with Crippen LogP contribution in [0.1, 0.15) is 10.4 Å². The predicted molar refractivity (Wildman–Crippen MR) is 59.3 cm³/mol. The summed E-state index contributed by atoms with van der Waals surface area (Å²) in [5.41, 5.74) is 0.573. The highest BCUT2D eigenvalue weighted by molar-refractivity contribution is 8.00. The summed E-state index contributed by atoms with van der Waals surface area (Å²) in [5.74, 6) is -0.568. The summed E-state index contributed by atoms with van der Waals surface area (Å²) >= 11 is 1.36. The second kappa shape index (κ2) is 4.05. The fraction of sp³-hybridized carbons (Fsp3) is 0.200. The molecule has 2 rings (SSSR count). The van der Waals surface area contributed by atoms with Crippen molar-refractivity contribution in [3.63, 3.8) is 0 Å². The number of carboxylic acids is 1. The second-order valence-electron chi connectivity index (χ2n) is 3.19. The molecule has 84 valence electrons. The van der Waals surface area contributed by atoms with E-state index in [0.29, 0.717) is 17.2 Å². The van der Waals surface area contributed by atoms with E-state index in [-0.39, 0.29) is 11.5 Å². The number of fused-ring (bicyclic) bond motifs is 1. The maximum absolute atomic E-state index is 11.2. The van der Waals surface area contributed by atoms with Gasteiger partial charge in [0.25, 0.3) is 0 Å². The molecule has 0 fully saturated rings. The second-order valence-corrected chi connectivity index (χ2v) is 4.21. The molecule has 6 heteroatoms. The number of methoxy groups -OCH3 is 1. The molecule has 16 heavy (non-hydrogen) atoms. The van der Waals surface area contributed by atoms with Gasteiger partial charge >= 0.3 is 5.97 Å². The molecule has 0 saturated carbocycles. The Morgan fingerprint density at radius 1 is 1.56 bits per heavy atom. The first-order valence-electron chi connectivity index (χ1n) is 4.50. The first kappa shape index (κ1) is 10.8. The topological polar surface area (TPSA) is 75.6 Å². The van der Waals surface area contributed by atoms with Gasteiger partial charge in [0.2, 0.25) is 5.91 Å². The third-order valence-electron chi connectivity index (χ3n) is 2.16. The van der Waals surface area contributed by atoms with Gasteiger partial charge in [-0.2, -0.15) is 0 Å². The average Bonchev–Trinajstić information content (AvgIpc) is 2.27. The summed E-state index contributed by atoms with van der Waals surface area (Å²) < 4.78 is 4.99. The third-order valence-corrected chi connectivity index (χ3v) is 3.22. The van der Waals surface area contributed by atoms with Crippen LogP contribution in [0.5, 0.6) is 5.75 Å². The number of anilines is 1. The Labute approximate surface area is 95.8 Å². The van der Waals surface area contributed by atoms with Gasteiger partial charge in [-0.3, -0.25) is 4.79 Å². The number of benzene rings is 1. The van der Waals surface area contributed by atoms with E-state index in [1.807, 2.05) is 0 Å². The van der Waals surface area contributed by atoms with Crippen LogP contribution in [0.2, 0.25) is 0 Å². The number of aromatic carboxylic acids is 1. The van der Waals surface area contributed by atoms with Crippen molar-refractivity contribution in [1.29, 1.82) is 0 Å². The number of hydrogen-bond acceptors (Lipinski definition) is 4. The Bertz CT molecular complexity index is 472. The highest BCUT2D eigenvalue weighted by atomic mass is 32.2. The van der Waals surface area contributed by atoms with Crippen LogP contribution in [0.25, 0.3) is 0 Å². The number of rotatable bonds is 2. The van der Waals surface area contributed by atoms with Crippen LogP contribution in [0.15, 0.2) is 17.0 Å². The van der Waals surface area contributed by atoms with Crippen molar-refractivity contribution in [1.82, 2.24) is 0 Å². The molecule has 0 atom stereocenters. The Morgan fingerprint density at radius 2 is 2.31 bits per heavy atom. The van der Waals surface area contributed by atoms with Gasteiger partial charge in [0.05, 0.1) is 18.6 Å². The lowest BCUT2D eigenvalue weighted by molar-refractivity contribution is -0.113. The Balaban J connectivity index is 2.52. The van der Waals surface area contributed by atoms with Crippen molar-refractivity contribution in [2.75, 3.05) is 18.2 Å². The molecule has 0 aliphatic carbocycles. The first-order valence-corrected chi connectivity index (χ1v) is 5.48. The van der Waals surface area contributed by atoms with Crippen molar-refractivity contribution >= 4 is 29.3 Å². The van der Waals surface area contributed by atoms with E-state index in [1.165, 1.54) is 24.9 Å². The highest BCUT2D eigenvalue weighted by Gasteiger charge is 2.20. The number of ether oxygens (including phenoxy) is 1. The van der Waals surface area contributed by atoms with E-state index in [4.69, 9.17) is 9.84 Å². The zero-order chi connectivity index (χ0) is 11.7. The molecule has 1 heterocycles. The monoisotopic (exact) mass is 239 g/mol. The molecule has 1 amide bonds. The smallest absolute Gasteiger partial charge is 0.339 e. The minimum absolute atomic E-state index is 0.0454. The number of amides is 1. The quantitative estimate of drug-likeness (QED) is 0.816. The number of carbonyl (C=O) groups excluding carboxylic acids is 1. The summed E-state index contributed by atoms with van der Waals surface area (Å²) in [6, 6.07) is 3.05. The van der Waals surface area contributed by atoms with E-state index < -0.39 is 5.97 Å². The van der Waals surface area contributed by atoms with E-state index in [1.54, 1.807) is 6.07 Å². The lowest BCUT2D eigenvalue weighted by atomic mass is 10.1. The predicted octanol–water partition coefficient (Wildman–Crippen LogP) is 1.44. The molecule has 1 aromatic rings. The minimum Gasteiger partial charge on any atom is -0.496 e.